The molecule has 6 heteroatoms. The van der Waals surface area contributed by atoms with Gasteiger partial charge in [-0.25, -0.2) is 4.98 Å². The molecule has 0 unspecified atom stereocenters. The Morgan fingerprint density at radius 3 is 2.89 bits per heavy atom. The monoisotopic (exact) mass is 295 g/mol. The molecule has 19 heavy (non-hydrogen) atoms. The zero-order valence-electron chi connectivity index (χ0n) is 10.1. The van der Waals surface area contributed by atoms with Crippen molar-refractivity contribution in [1.82, 2.24) is 4.98 Å². The van der Waals surface area contributed by atoms with E-state index in [9.17, 15) is 4.79 Å². The van der Waals surface area contributed by atoms with E-state index in [2.05, 4.69) is 4.98 Å². The minimum absolute atomic E-state index is 0.0259. The van der Waals surface area contributed by atoms with Gasteiger partial charge in [-0.2, -0.15) is 0 Å². The molecule has 0 spiro atoms. The average Bonchev–Trinajstić information content (AvgIpc) is 2.83. The summed E-state index contributed by atoms with van der Waals surface area (Å²) in [5, 5.41) is 10.4. The number of ether oxygens (including phenoxy) is 1. The lowest BCUT2D eigenvalue weighted by Crippen LogP contribution is -1.99. The largest absolute Gasteiger partial charge is 0.481 e. The Labute approximate surface area is 119 Å². The van der Waals surface area contributed by atoms with Crippen LogP contribution in [0.25, 0.3) is 0 Å². The molecule has 100 valence electrons. The van der Waals surface area contributed by atoms with Gasteiger partial charge in [-0.05, 0) is 5.56 Å². The highest BCUT2D eigenvalue weighted by molar-refractivity contribution is 8.00. The fourth-order valence-electron chi connectivity index (χ4n) is 1.42. The lowest BCUT2D eigenvalue weighted by molar-refractivity contribution is -0.136. The van der Waals surface area contributed by atoms with E-state index in [1.54, 1.807) is 5.38 Å². The van der Waals surface area contributed by atoms with Gasteiger partial charge in [0.1, 0.15) is 0 Å². The van der Waals surface area contributed by atoms with Gasteiger partial charge >= 0.3 is 5.97 Å². The number of aliphatic carboxylic acids is 1. The predicted octanol–water partition coefficient (Wildman–Crippen LogP) is 3.04. The molecule has 0 fully saturated rings. The molecule has 0 amide bonds. The number of carboxylic acid groups (broad SMARTS) is 1. The van der Waals surface area contributed by atoms with Crippen LogP contribution in [0.3, 0.4) is 0 Å². The molecule has 1 aromatic carbocycles. The molecule has 0 radical (unpaired) electrons. The third-order valence-corrected chi connectivity index (χ3v) is 4.19. The lowest BCUT2D eigenvalue weighted by Gasteiger charge is -2.02. The summed E-state index contributed by atoms with van der Waals surface area (Å²) in [4.78, 5) is 14.7. The second-order valence-electron chi connectivity index (χ2n) is 3.77. The molecule has 0 aliphatic heterocycles. The zero-order chi connectivity index (χ0) is 13.5. The van der Waals surface area contributed by atoms with Crippen molar-refractivity contribution in [3.63, 3.8) is 0 Å². The highest BCUT2D eigenvalue weighted by Crippen LogP contribution is 2.23. The number of rotatable bonds is 7. The van der Waals surface area contributed by atoms with E-state index in [-0.39, 0.29) is 6.42 Å². The van der Waals surface area contributed by atoms with Gasteiger partial charge in [-0.1, -0.05) is 42.1 Å². The molecule has 0 saturated carbocycles. The number of aromatic nitrogens is 1. The number of hydrogen-bond donors (Lipinski definition) is 1. The van der Waals surface area contributed by atoms with Crippen molar-refractivity contribution in [2.75, 3.05) is 5.94 Å². The molecule has 0 atom stereocenters. The van der Waals surface area contributed by atoms with Crippen LogP contribution >= 0.6 is 23.1 Å². The topological polar surface area (TPSA) is 59.4 Å². The third kappa shape index (κ3) is 5.02. The summed E-state index contributed by atoms with van der Waals surface area (Å²) in [6, 6.07) is 9.95. The first-order valence-electron chi connectivity index (χ1n) is 5.64. The lowest BCUT2D eigenvalue weighted by atomic mass is 10.2. The summed E-state index contributed by atoms with van der Waals surface area (Å²) >= 11 is 2.93. The Bertz CT molecular complexity index is 528. The van der Waals surface area contributed by atoms with Crippen LogP contribution < -0.4 is 0 Å². The maximum Gasteiger partial charge on any atom is 0.309 e. The van der Waals surface area contributed by atoms with E-state index in [0.29, 0.717) is 18.2 Å². The highest BCUT2D eigenvalue weighted by atomic mass is 32.2. The molecule has 4 nitrogen and oxygen atoms in total. The first-order chi connectivity index (χ1) is 9.24. The van der Waals surface area contributed by atoms with Gasteiger partial charge in [0, 0.05) is 5.38 Å². The number of thiazole rings is 1. The van der Waals surface area contributed by atoms with Gasteiger partial charge in [0.15, 0.2) is 4.34 Å². The second-order valence-corrected chi connectivity index (χ2v) is 5.80. The van der Waals surface area contributed by atoms with Gasteiger partial charge in [0.05, 0.1) is 24.7 Å². The Morgan fingerprint density at radius 2 is 2.16 bits per heavy atom. The Hall–Kier alpha value is -1.37. The van der Waals surface area contributed by atoms with Crippen LogP contribution in [0.1, 0.15) is 11.3 Å². The molecule has 0 aliphatic rings. The molecular weight excluding hydrogens is 282 g/mol. The summed E-state index contributed by atoms with van der Waals surface area (Å²) < 4.78 is 6.36. The molecule has 1 N–H and O–H groups in total. The maximum atomic E-state index is 10.5. The van der Waals surface area contributed by atoms with E-state index in [1.807, 2.05) is 30.3 Å². The molecule has 2 aromatic rings. The normalized spacial score (nSPS) is 10.5. The van der Waals surface area contributed by atoms with Crippen molar-refractivity contribution in [2.45, 2.75) is 17.4 Å². The standard InChI is InChI=1S/C13H13NO3S2/c15-12(16)6-11-8-18-13(14-11)19-9-17-7-10-4-2-1-3-5-10/h1-5,8H,6-7,9H2,(H,15,16). The summed E-state index contributed by atoms with van der Waals surface area (Å²) in [5.41, 5.74) is 1.73. The van der Waals surface area contributed by atoms with Crippen molar-refractivity contribution < 1.29 is 14.6 Å². The minimum atomic E-state index is -0.859. The van der Waals surface area contributed by atoms with Gasteiger partial charge in [-0.15, -0.1) is 11.3 Å². The summed E-state index contributed by atoms with van der Waals surface area (Å²) in [7, 11) is 0. The fraction of sp³-hybridized carbons (Fsp3) is 0.231. The number of thioether (sulfide) groups is 1. The molecule has 0 bridgehead atoms. The SMILES string of the molecule is O=C(O)Cc1csc(SCOCc2ccccc2)n1. The van der Waals surface area contributed by atoms with Gasteiger partial charge in [0.2, 0.25) is 0 Å². The predicted molar refractivity (Wildman–Crippen MR) is 75.4 cm³/mol. The van der Waals surface area contributed by atoms with Gasteiger partial charge in [-0.3, -0.25) is 4.79 Å². The van der Waals surface area contributed by atoms with Crippen molar-refractivity contribution in [2.24, 2.45) is 0 Å². The Balaban J connectivity index is 1.71. The Morgan fingerprint density at radius 1 is 1.37 bits per heavy atom. The van der Waals surface area contributed by atoms with E-state index >= 15 is 0 Å². The molecule has 0 aliphatic carbocycles. The zero-order valence-corrected chi connectivity index (χ0v) is 11.7. The van der Waals surface area contributed by atoms with E-state index in [1.165, 1.54) is 23.1 Å². The molecule has 1 heterocycles. The minimum Gasteiger partial charge on any atom is -0.481 e. The Kier molecular flexibility index (Phi) is 5.38. The average molecular weight is 295 g/mol. The van der Waals surface area contributed by atoms with Crippen molar-refractivity contribution in [3.05, 3.63) is 47.0 Å². The van der Waals surface area contributed by atoms with E-state index < -0.39 is 5.97 Å². The summed E-state index contributed by atoms with van der Waals surface area (Å²) in [6.45, 7) is 0.571. The number of hydrogen-bond acceptors (Lipinski definition) is 5. The molecule has 0 saturated heterocycles. The highest BCUT2D eigenvalue weighted by Gasteiger charge is 2.06. The van der Waals surface area contributed by atoms with Crippen LogP contribution in [0.2, 0.25) is 0 Å². The summed E-state index contributed by atoms with van der Waals surface area (Å²) in [5.74, 6) is -0.350. The number of carboxylic acids is 1. The van der Waals surface area contributed by atoms with Crippen LogP contribution in [0.4, 0.5) is 0 Å². The smallest absolute Gasteiger partial charge is 0.309 e. The third-order valence-electron chi connectivity index (χ3n) is 2.24. The van der Waals surface area contributed by atoms with Gasteiger partial charge in [0.25, 0.3) is 0 Å². The molecule has 1 aromatic heterocycles. The van der Waals surface area contributed by atoms with Crippen LogP contribution in [-0.2, 0) is 22.6 Å². The van der Waals surface area contributed by atoms with Crippen molar-refractivity contribution in [3.8, 4) is 0 Å². The quantitative estimate of drug-likeness (QED) is 0.483. The fourth-order valence-corrected chi connectivity index (χ4v) is 2.97. The number of benzene rings is 1. The van der Waals surface area contributed by atoms with Crippen LogP contribution in [-0.4, -0.2) is 22.0 Å². The number of nitrogens with zero attached hydrogens (tertiary/aromatic N) is 1. The maximum absolute atomic E-state index is 10.5. The van der Waals surface area contributed by atoms with Gasteiger partial charge < -0.3 is 9.84 Å². The van der Waals surface area contributed by atoms with Crippen LogP contribution in [0.15, 0.2) is 40.1 Å². The van der Waals surface area contributed by atoms with Crippen LogP contribution in [0.5, 0.6) is 0 Å². The summed E-state index contributed by atoms with van der Waals surface area (Å²) in [6.07, 6.45) is -0.0259. The van der Waals surface area contributed by atoms with Crippen LogP contribution in [0, 0.1) is 0 Å². The molecule has 2 rings (SSSR count). The van der Waals surface area contributed by atoms with E-state index in [4.69, 9.17) is 9.84 Å². The first kappa shape index (κ1) is 14.0. The van der Waals surface area contributed by atoms with Crippen molar-refractivity contribution >= 4 is 29.1 Å². The number of carbonyl (C=O) groups is 1. The second kappa shape index (κ2) is 7.28. The van der Waals surface area contributed by atoms with E-state index in [0.717, 1.165) is 9.90 Å². The van der Waals surface area contributed by atoms with Crippen molar-refractivity contribution in [1.29, 1.82) is 0 Å². The first-order valence-corrected chi connectivity index (χ1v) is 7.51. The molecular formula is C13H13NO3S2.